The zero-order chi connectivity index (χ0) is 21.3. The number of hydrogen-bond acceptors (Lipinski definition) is 5. The van der Waals surface area contributed by atoms with E-state index >= 15 is 0 Å². The van der Waals surface area contributed by atoms with Crippen LogP contribution in [0.15, 0.2) is 46.1 Å². The smallest absolute Gasteiger partial charge is 0.329 e. The standard InChI is InChI=1S/C21H22N6O3/c1-3-9-27-18-14(20(29)25-21(27)30)10-13(11-22-18)19(28)23-12-17-24-15-7-5-6-8-16(15)26(17)4-2/h5-8,10-11H,3-4,9,12H2,1-2H3,(H,23,28)(H,25,29,30). The molecule has 0 saturated heterocycles. The number of carbonyl (C=O) groups excluding carboxylic acids is 1. The van der Waals surface area contributed by atoms with Crippen molar-refractivity contribution >= 4 is 28.0 Å². The van der Waals surface area contributed by atoms with E-state index in [1.165, 1.54) is 16.8 Å². The molecule has 3 heterocycles. The zero-order valence-corrected chi connectivity index (χ0v) is 16.8. The summed E-state index contributed by atoms with van der Waals surface area (Å²) in [6.07, 6.45) is 2.09. The van der Waals surface area contributed by atoms with Crippen LogP contribution in [-0.4, -0.2) is 30.0 Å². The first-order valence-corrected chi connectivity index (χ1v) is 9.88. The number of benzene rings is 1. The highest BCUT2D eigenvalue weighted by atomic mass is 16.2. The Kier molecular flexibility index (Phi) is 5.18. The topological polar surface area (TPSA) is 115 Å². The minimum atomic E-state index is -0.558. The molecule has 1 amide bonds. The van der Waals surface area contributed by atoms with Gasteiger partial charge in [-0.3, -0.25) is 19.1 Å². The van der Waals surface area contributed by atoms with Crippen LogP contribution in [0.25, 0.3) is 22.1 Å². The van der Waals surface area contributed by atoms with Gasteiger partial charge in [-0.25, -0.2) is 14.8 Å². The highest BCUT2D eigenvalue weighted by Crippen LogP contribution is 2.16. The van der Waals surface area contributed by atoms with E-state index in [1.54, 1.807) is 0 Å². The van der Waals surface area contributed by atoms with Crippen LogP contribution < -0.4 is 16.6 Å². The van der Waals surface area contributed by atoms with Gasteiger partial charge in [0.25, 0.3) is 11.5 Å². The van der Waals surface area contributed by atoms with Crippen LogP contribution in [0.4, 0.5) is 0 Å². The van der Waals surface area contributed by atoms with Gasteiger partial charge in [0, 0.05) is 19.3 Å². The van der Waals surface area contributed by atoms with Crippen molar-refractivity contribution in [1.29, 1.82) is 0 Å². The maximum absolute atomic E-state index is 12.7. The van der Waals surface area contributed by atoms with E-state index in [4.69, 9.17) is 0 Å². The van der Waals surface area contributed by atoms with Gasteiger partial charge in [0.05, 0.1) is 28.5 Å². The Hall–Kier alpha value is -3.75. The molecule has 2 N–H and O–H groups in total. The van der Waals surface area contributed by atoms with E-state index in [2.05, 4.69) is 20.3 Å². The number of hydrogen-bond donors (Lipinski definition) is 2. The molecule has 0 radical (unpaired) electrons. The number of fused-ring (bicyclic) bond motifs is 2. The van der Waals surface area contributed by atoms with Gasteiger partial charge in [0.1, 0.15) is 11.5 Å². The molecule has 0 bridgehead atoms. The lowest BCUT2D eigenvalue weighted by Crippen LogP contribution is -2.31. The Bertz CT molecular complexity index is 1360. The quantitative estimate of drug-likeness (QED) is 0.507. The minimum absolute atomic E-state index is 0.205. The van der Waals surface area contributed by atoms with Crippen LogP contribution in [0.2, 0.25) is 0 Å². The number of aromatic amines is 1. The SMILES string of the molecule is CCCn1c(=O)[nH]c(=O)c2cc(C(=O)NCc3nc4ccccc4n3CC)cnc21. The lowest BCUT2D eigenvalue weighted by Gasteiger charge is -2.10. The van der Waals surface area contributed by atoms with Gasteiger partial charge in [-0.15, -0.1) is 0 Å². The summed E-state index contributed by atoms with van der Waals surface area (Å²) in [5, 5.41) is 3.05. The van der Waals surface area contributed by atoms with Crippen molar-refractivity contribution in [3.63, 3.8) is 0 Å². The largest absolute Gasteiger partial charge is 0.345 e. The van der Waals surface area contributed by atoms with Crippen LogP contribution in [-0.2, 0) is 19.6 Å². The van der Waals surface area contributed by atoms with Crippen LogP contribution in [0.5, 0.6) is 0 Å². The number of carbonyl (C=O) groups is 1. The molecule has 3 aromatic heterocycles. The van der Waals surface area contributed by atoms with Gasteiger partial charge in [-0.05, 0) is 31.5 Å². The number of H-pyrrole nitrogens is 1. The number of rotatable bonds is 6. The summed E-state index contributed by atoms with van der Waals surface area (Å²) in [5.74, 6) is 0.377. The minimum Gasteiger partial charge on any atom is -0.345 e. The fourth-order valence-electron chi connectivity index (χ4n) is 3.60. The van der Waals surface area contributed by atoms with Crippen LogP contribution in [0, 0.1) is 0 Å². The third kappa shape index (κ3) is 3.38. The second-order valence-corrected chi connectivity index (χ2v) is 6.95. The molecule has 9 heteroatoms. The molecule has 4 rings (SSSR count). The van der Waals surface area contributed by atoms with Gasteiger partial charge in [-0.2, -0.15) is 0 Å². The number of nitrogens with one attached hydrogen (secondary N) is 2. The van der Waals surface area contributed by atoms with E-state index in [-0.39, 0.29) is 29.0 Å². The van der Waals surface area contributed by atoms with Crippen LogP contribution in [0.3, 0.4) is 0 Å². The van der Waals surface area contributed by atoms with Crippen LogP contribution in [0.1, 0.15) is 36.5 Å². The summed E-state index contributed by atoms with van der Waals surface area (Å²) in [4.78, 5) is 48.1. The molecule has 0 unspecified atom stereocenters. The van der Waals surface area contributed by atoms with Gasteiger partial charge in [-0.1, -0.05) is 19.1 Å². The highest BCUT2D eigenvalue weighted by molar-refractivity contribution is 5.96. The first kappa shape index (κ1) is 19.6. The number of amides is 1. The molecular formula is C21H22N6O3. The Morgan fingerprint density at radius 2 is 1.97 bits per heavy atom. The Labute approximate surface area is 171 Å². The first-order valence-electron chi connectivity index (χ1n) is 9.88. The Balaban J connectivity index is 1.63. The normalized spacial score (nSPS) is 11.3. The molecule has 154 valence electrons. The molecule has 0 atom stereocenters. The second kappa shape index (κ2) is 7.94. The maximum Gasteiger partial charge on any atom is 0.329 e. The molecular weight excluding hydrogens is 384 g/mol. The van der Waals surface area contributed by atoms with Gasteiger partial charge in [0.15, 0.2) is 0 Å². The van der Waals surface area contributed by atoms with Crippen LogP contribution >= 0.6 is 0 Å². The fourth-order valence-corrected chi connectivity index (χ4v) is 3.60. The summed E-state index contributed by atoms with van der Waals surface area (Å²) in [6.45, 7) is 5.35. The highest BCUT2D eigenvalue weighted by Gasteiger charge is 2.14. The Morgan fingerprint density at radius 1 is 1.17 bits per heavy atom. The number of para-hydroxylation sites is 2. The Morgan fingerprint density at radius 3 is 2.73 bits per heavy atom. The summed E-state index contributed by atoms with van der Waals surface area (Å²) in [5.41, 5.74) is 1.34. The first-order chi connectivity index (χ1) is 14.5. The van der Waals surface area contributed by atoms with E-state index < -0.39 is 11.2 Å². The summed E-state index contributed by atoms with van der Waals surface area (Å²) < 4.78 is 3.45. The summed E-state index contributed by atoms with van der Waals surface area (Å²) in [7, 11) is 0. The predicted molar refractivity (Wildman–Crippen MR) is 113 cm³/mol. The number of aromatic nitrogens is 5. The molecule has 0 aliphatic carbocycles. The molecule has 0 spiro atoms. The van der Waals surface area contributed by atoms with E-state index in [1.807, 2.05) is 42.7 Å². The van der Waals surface area contributed by atoms with Crippen molar-refractivity contribution in [2.45, 2.75) is 39.9 Å². The lowest BCUT2D eigenvalue weighted by atomic mass is 10.2. The van der Waals surface area contributed by atoms with E-state index in [0.29, 0.717) is 13.0 Å². The second-order valence-electron chi connectivity index (χ2n) is 6.95. The van der Waals surface area contributed by atoms with Crippen molar-refractivity contribution < 1.29 is 4.79 Å². The van der Waals surface area contributed by atoms with Gasteiger partial charge >= 0.3 is 5.69 Å². The van der Waals surface area contributed by atoms with Gasteiger partial charge < -0.3 is 9.88 Å². The average molecular weight is 406 g/mol. The average Bonchev–Trinajstić information content (AvgIpc) is 3.12. The molecule has 0 aliphatic heterocycles. The molecule has 0 fully saturated rings. The zero-order valence-electron chi connectivity index (χ0n) is 16.8. The molecule has 9 nitrogen and oxygen atoms in total. The molecule has 30 heavy (non-hydrogen) atoms. The van der Waals surface area contributed by atoms with E-state index in [0.717, 1.165) is 23.4 Å². The number of imidazole rings is 1. The predicted octanol–water partition coefficient (Wildman–Crippen LogP) is 1.79. The summed E-state index contributed by atoms with van der Waals surface area (Å²) in [6, 6.07) is 9.27. The van der Waals surface area contributed by atoms with Crippen molar-refractivity contribution in [1.82, 2.24) is 29.4 Å². The van der Waals surface area contributed by atoms with Crippen molar-refractivity contribution in [3.05, 3.63) is 68.8 Å². The summed E-state index contributed by atoms with van der Waals surface area (Å²) >= 11 is 0. The molecule has 0 saturated carbocycles. The van der Waals surface area contributed by atoms with Gasteiger partial charge in [0.2, 0.25) is 0 Å². The van der Waals surface area contributed by atoms with E-state index in [9.17, 15) is 14.4 Å². The third-order valence-electron chi connectivity index (χ3n) is 5.00. The van der Waals surface area contributed by atoms with Crippen molar-refractivity contribution in [2.75, 3.05) is 0 Å². The molecule has 0 aliphatic rings. The molecule has 4 aromatic rings. The third-order valence-corrected chi connectivity index (χ3v) is 5.00. The number of pyridine rings is 1. The monoisotopic (exact) mass is 406 g/mol. The fraction of sp³-hybridized carbons (Fsp3) is 0.286. The van der Waals surface area contributed by atoms with Crippen molar-refractivity contribution in [2.24, 2.45) is 0 Å². The molecule has 1 aromatic carbocycles. The lowest BCUT2D eigenvalue weighted by molar-refractivity contribution is 0.0949. The number of nitrogens with zero attached hydrogens (tertiary/aromatic N) is 4. The van der Waals surface area contributed by atoms with Crippen molar-refractivity contribution in [3.8, 4) is 0 Å². The number of aryl methyl sites for hydroxylation is 2. The maximum atomic E-state index is 12.7.